The quantitative estimate of drug-likeness (QED) is 0.616. The molecule has 0 spiro atoms. The minimum Gasteiger partial charge on any atom is -0.454 e. The molecule has 0 fully saturated rings. The zero-order valence-corrected chi connectivity index (χ0v) is 16.2. The standard InChI is InChI=1S/C20H20N4O3S/c1-14-22-23-20(24(14)12-15-5-3-2-4-6-15)28-10-9-19(25)21-16-7-8-17-18(11-16)27-13-26-17/h2-8,11H,9-10,12-13H2,1H3,(H,21,25). The fourth-order valence-electron chi connectivity index (χ4n) is 2.85. The summed E-state index contributed by atoms with van der Waals surface area (Å²) in [5, 5.41) is 12.1. The molecule has 1 N–H and O–H groups in total. The maximum absolute atomic E-state index is 12.2. The molecule has 28 heavy (non-hydrogen) atoms. The molecule has 3 aromatic rings. The molecule has 2 heterocycles. The molecule has 1 aromatic heterocycles. The van der Waals surface area contributed by atoms with Crippen molar-refractivity contribution in [3.63, 3.8) is 0 Å². The molecule has 0 bridgehead atoms. The van der Waals surface area contributed by atoms with Crippen molar-refractivity contribution in [3.05, 3.63) is 59.9 Å². The van der Waals surface area contributed by atoms with Gasteiger partial charge in [-0.3, -0.25) is 4.79 Å². The number of aromatic nitrogens is 3. The minimum absolute atomic E-state index is 0.0581. The summed E-state index contributed by atoms with van der Waals surface area (Å²) >= 11 is 1.53. The number of hydrogen-bond acceptors (Lipinski definition) is 6. The molecule has 144 valence electrons. The second-order valence-corrected chi connectivity index (χ2v) is 7.38. The van der Waals surface area contributed by atoms with E-state index in [1.807, 2.05) is 25.1 Å². The molecule has 0 unspecified atom stereocenters. The largest absolute Gasteiger partial charge is 0.454 e. The van der Waals surface area contributed by atoms with Crippen LogP contribution in [0.5, 0.6) is 11.5 Å². The molecule has 0 radical (unpaired) electrons. The fourth-order valence-corrected chi connectivity index (χ4v) is 3.77. The van der Waals surface area contributed by atoms with Crippen LogP contribution in [-0.2, 0) is 11.3 Å². The summed E-state index contributed by atoms with van der Waals surface area (Å²) in [5.74, 6) is 2.76. The number of ether oxygens (including phenoxy) is 2. The topological polar surface area (TPSA) is 78.3 Å². The molecular weight excluding hydrogens is 376 g/mol. The Morgan fingerprint density at radius 2 is 1.96 bits per heavy atom. The van der Waals surface area contributed by atoms with Crippen molar-refractivity contribution in [3.8, 4) is 11.5 Å². The van der Waals surface area contributed by atoms with Gasteiger partial charge in [-0.15, -0.1) is 10.2 Å². The number of nitrogens with zero attached hydrogens (tertiary/aromatic N) is 3. The average Bonchev–Trinajstić information content (AvgIpc) is 3.30. The number of hydrogen-bond donors (Lipinski definition) is 1. The molecule has 1 amide bonds. The Hall–Kier alpha value is -3.00. The van der Waals surface area contributed by atoms with Crippen molar-refractivity contribution in [2.75, 3.05) is 17.9 Å². The lowest BCUT2D eigenvalue weighted by Gasteiger charge is -2.09. The van der Waals surface area contributed by atoms with Gasteiger partial charge in [0.15, 0.2) is 16.7 Å². The Bertz CT molecular complexity index is 975. The minimum atomic E-state index is -0.0581. The maximum atomic E-state index is 12.2. The second kappa shape index (κ2) is 8.35. The van der Waals surface area contributed by atoms with Crippen molar-refractivity contribution in [2.45, 2.75) is 25.0 Å². The van der Waals surface area contributed by atoms with Gasteiger partial charge in [-0.25, -0.2) is 0 Å². The van der Waals surface area contributed by atoms with Gasteiger partial charge in [0, 0.05) is 23.9 Å². The molecular formula is C20H20N4O3S. The first kappa shape index (κ1) is 18.4. The Kier molecular flexibility index (Phi) is 5.48. The number of carbonyl (C=O) groups excluding carboxylic acids is 1. The van der Waals surface area contributed by atoms with Crippen molar-refractivity contribution in [1.29, 1.82) is 0 Å². The second-order valence-electron chi connectivity index (χ2n) is 6.32. The van der Waals surface area contributed by atoms with Gasteiger partial charge >= 0.3 is 0 Å². The van der Waals surface area contributed by atoms with Gasteiger partial charge in [-0.1, -0.05) is 42.1 Å². The summed E-state index contributed by atoms with van der Waals surface area (Å²) in [5.41, 5.74) is 1.88. The molecule has 0 atom stereocenters. The first-order chi connectivity index (χ1) is 13.7. The number of anilines is 1. The smallest absolute Gasteiger partial charge is 0.231 e. The third-order valence-electron chi connectivity index (χ3n) is 4.30. The Morgan fingerprint density at radius 3 is 2.82 bits per heavy atom. The number of rotatable bonds is 7. The van der Waals surface area contributed by atoms with Crippen molar-refractivity contribution < 1.29 is 14.3 Å². The zero-order chi connectivity index (χ0) is 19.3. The highest BCUT2D eigenvalue weighted by atomic mass is 32.2. The Labute approximate surface area is 167 Å². The van der Waals surface area contributed by atoms with E-state index in [2.05, 4.69) is 32.2 Å². The normalized spacial score (nSPS) is 12.2. The van der Waals surface area contributed by atoms with Crippen molar-refractivity contribution in [1.82, 2.24) is 14.8 Å². The third kappa shape index (κ3) is 4.28. The molecule has 0 aliphatic carbocycles. The van der Waals surface area contributed by atoms with Crippen LogP contribution in [-0.4, -0.2) is 33.2 Å². The van der Waals surface area contributed by atoms with Gasteiger partial charge in [-0.05, 0) is 24.6 Å². The van der Waals surface area contributed by atoms with Crippen LogP contribution >= 0.6 is 11.8 Å². The number of benzene rings is 2. The lowest BCUT2D eigenvalue weighted by Crippen LogP contribution is -2.12. The summed E-state index contributed by atoms with van der Waals surface area (Å²) in [6, 6.07) is 15.5. The molecule has 1 aliphatic heterocycles. The summed E-state index contributed by atoms with van der Waals surface area (Å²) in [7, 11) is 0. The zero-order valence-electron chi connectivity index (χ0n) is 15.4. The monoisotopic (exact) mass is 396 g/mol. The predicted molar refractivity (Wildman–Crippen MR) is 107 cm³/mol. The van der Waals surface area contributed by atoms with Gasteiger partial charge in [0.2, 0.25) is 12.7 Å². The van der Waals surface area contributed by atoms with Crippen molar-refractivity contribution >= 4 is 23.4 Å². The van der Waals surface area contributed by atoms with Gasteiger partial charge < -0.3 is 19.4 Å². The van der Waals surface area contributed by atoms with Crippen LogP contribution in [0.2, 0.25) is 0 Å². The van der Waals surface area contributed by atoms with E-state index >= 15 is 0 Å². The Balaban J connectivity index is 1.31. The summed E-state index contributed by atoms with van der Waals surface area (Å²) in [4.78, 5) is 12.2. The molecule has 0 saturated heterocycles. The first-order valence-corrected chi connectivity index (χ1v) is 9.93. The van der Waals surface area contributed by atoms with E-state index in [1.54, 1.807) is 18.2 Å². The van der Waals surface area contributed by atoms with Crippen LogP contribution in [0, 0.1) is 6.92 Å². The van der Waals surface area contributed by atoms with Crippen LogP contribution in [0.4, 0.5) is 5.69 Å². The van der Waals surface area contributed by atoms with E-state index in [1.165, 1.54) is 17.3 Å². The molecule has 7 nitrogen and oxygen atoms in total. The molecule has 1 aliphatic rings. The van der Waals surface area contributed by atoms with E-state index in [9.17, 15) is 4.79 Å². The number of aryl methyl sites for hydroxylation is 1. The fraction of sp³-hybridized carbons (Fsp3) is 0.250. The number of nitrogens with one attached hydrogen (secondary N) is 1. The van der Waals surface area contributed by atoms with E-state index in [4.69, 9.17) is 9.47 Å². The first-order valence-electron chi connectivity index (χ1n) is 8.95. The van der Waals surface area contributed by atoms with E-state index in [-0.39, 0.29) is 12.7 Å². The Morgan fingerprint density at radius 1 is 1.14 bits per heavy atom. The number of thioether (sulfide) groups is 1. The summed E-state index contributed by atoms with van der Waals surface area (Å²) in [6.07, 6.45) is 0.371. The van der Waals surface area contributed by atoms with Gasteiger partial charge in [0.25, 0.3) is 0 Å². The summed E-state index contributed by atoms with van der Waals surface area (Å²) < 4.78 is 12.7. The van der Waals surface area contributed by atoms with Crippen LogP contribution in [0.15, 0.2) is 53.7 Å². The average molecular weight is 396 g/mol. The van der Waals surface area contributed by atoms with Crippen LogP contribution in [0.1, 0.15) is 17.8 Å². The predicted octanol–water partition coefficient (Wildman–Crippen LogP) is 3.48. The maximum Gasteiger partial charge on any atom is 0.231 e. The highest BCUT2D eigenvalue weighted by Crippen LogP contribution is 2.34. The van der Waals surface area contributed by atoms with E-state index in [0.717, 1.165) is 11.0 Å². The third-order valence-corrected chi connectivity index (χ3v) is 5.27. The van der Waals surface area contributed by atoms with E-state index < -0.39 is 0 Å². The highest BCUT2D eigenvalue weighted by Gasteiger charge is 2.15. The van der Waals surface area contributed by atoms with Crippen molar-refractivity contribution in [2.24, 2.45) is 0 Å². The molecule has 2 aromatic carbocycles. The van der Waals surface area contributed by atoms with Crippen LogP contribution < -0.4 is 14.8 Å². The number of carbonyl (C=O) groups is 1. The van der Waals surface area contributed by atoms with Gasteiger partial charge in [0.1, 0.15) is 5.82 Å². The van der Waals surface area contributed by atoms with Crippen LogP contribution in [0.3, 0.4) is 0 Å². The van der Waals surface area contributed by atoms with E-state index in [0.29, 0.717) is 35.9 Å². The van der Waals surface area contributed by atoms with Gasteiger partial charge in [0.05, 0.1) is 6.54 Å². The lowest BCUT2D eigenvalue weighted by molar-refractivity contribution is -0.115. The van der Waals surface area contributed by atoms with Gasteiger partial charge in [-0.2, -0.15) is 0 Å². The molecule has 0 saturated carbocycles. The molecule has 8 heteroatoms. The van der Waals surface area contributed by atoms with Crippen LogP contribution in [0.25, 0.3) is 0 Å². The molecule has 4 rings (SSSR count). The lowest BCUT2D eigenvalue weighted by atomic mass is 10.2. The summed E-state index contributed by atoms with van der Waals surface area (Å²) in [6.45, 7) is 2.87. The highest BCUT2D eigenvalue weighted by molar-refractivity contribution is 7.99. The number of amides is 1. The number of fused-ring (bicyclic) bond motifs is 1. The SMILES string of the molecule is Cc1nnc(SCCC(=O)Nc2ccc3c(c2)OCO3)n1Cc1ccccc1.